The van der Waals surface area contributed by atoms with E-state index in [0.717, 1.165) is 22.6 Å². The van der Waals surface area contributed by atoms with Crippen LogP contribution in [-0.2, 0) is 11.2 Å². The first kappa shape index (κ1) is 21.1. The van der Waals surface area contributed by atoms with Crippen molar-refractivity contribution in [1.29, 1.82) is 0 Å². The van der Waals surface area contributed by atoms with Gasteiger partial charge < -0.3 is 14.8 Å². The van der Waals surface area contributed by atoms with Crippen LogP contribution in [0.5, 0.6) is 11.5 Å². The lowest BCUT2D eigenvalue weighted by Crippen LogP contribution is -2.23. The Morgan fingerprint density at radius 1 is 1.00 bits per heavy atom. The van der Waals surface area contributed by atoms with Gasteiger partial charge in [0.2, 0.25) is 5.91 Å². The van der Waals surface area contributed by atoms with E-state index in [4.69, 9.17) is 32.7 Å². The standard InChI is InChI=1S/C21H23Cl2NO3/c1-3-26-19-9-6-16(14-20(19)27-4-2)11-12-24-21(25)10-7-15-5-8-17(22)18(23)13-15/h5-10,13-14H,3-4,11-12H2,1-2H3,(H,24,25)/b10-7+. The lowest BCUT2D eigenvalue weighted by atomic mass is 10.1. The van der Waals surface area contributed by atoms with E-state index in [1.165, 1.54) is 6.08 Å². The summed E-state index contributed by atoms with van der Waals surface area (Å²) < 4.78 is 11.2. The van der Waals surface area contributed by atoms with Crippen LogP contribution in [0.3, 0.4) is 0 Å². The van der Waals surface area contributed by atoms with Crippen molar-refractivity contribution in [2.24, 2.45) is 0 Å². The molecule has 2 rings (SSSR count). The topological polar surface area (TPSA) is 47.6 Å². The second kappa shape index (κ2) is 10.9. The van der Waals surface area contributed by atoms with E-state index in [-0.39, 0.29) is 5.91 Å². The second-order valence-corrected chi connectivity index (χ2v) is 6.51. The Morgan fingerprint density at radius 3 is 2.44 bits per heavy atom. The molecule has 0 spiro atoms. The summed E-state index contributed by atoms with van der Waals surface area (Å²) in [7, 11) is 0. The number of nitrogens with one attached hydrogen (secondary N) is 1. The van der Waals surface area contributed by atoms with Gasteiger partial charge in [-0.2, -0.15) is 0 Å². The molecule has 0 saturated heterocycles. The highest BCUT2D eigenvalue weighted by atomic mass is 35.5. The molecule has 0 aliphatic carbocycles. The third kappa shape index (κ3) is 6.81. The minimum atomic E-state index is -0.169. The van der Waals surface area contributed by atoms with Crippen LogP contribution in [0.2, 0.25) is 10.0 Å². The number of hydrogen-bond donors (Lipinski definition) is 1. The highest BCUT2D eigenvalue weighted by Crippen LogP contribution is 2.28. The van der Waals surface area contributed by atoms with Gasteiger partial charge in [0.25, 0.3) is 0 Å². The molecule has 0 heterocycles. The normalized spacial score (nSPS) is 10.8. The molecule has 0 unspecified atom stereocenters. The van der Waals surface area contributed by atoms with Crippen LogP contribution in [0.25, 0.3) is 6.08 Å². The fraction of sp³-hybridized carbons (Fsp3) is 0.286. The van der Waals surface area contributed by atoms with E-state index in [2.05, 4.69) is 5.32 Å². The van der Waals surface area contributed by atoms with Gasteiger partial charge in [-0.15, -0.1) is 0 Å². The maximum absolute atomic E-state index is 12.0. The van der Waals surface area contributed by atoms with E-state index in [0.29, 0.717) is 36.2 Å². The second-order valence-electron chi connectivity index (χ2n) is 5.70. The zero-order valence-electron chi connectivity index (χ0n) is 15.4. The van der Waals surface area contributed by atoms with Crippen molar-refractivity contribution in [3.63, 3.8) is 0 Å². The number of carbonyl (C=O) groups is 1. The van der Waals surface area contributed by atoms with Crippen molar-refractivity contribution >= 4 is 35.2 Å². The quantitative estimate of drug-likeness (QED) is 0.583. The van der Waals surface area contributed by atoms with Gasteiger partial charge in [-0.25, -0.2) is 0 Å². The Labute approximate surface area is 170 Å². The number of halogens is 2. The number of rotatable bonds is 9. The summed E-state index contributed by atoms with van der Waals surface area (Å²) in [5.74, 6) is 1.29. The molecule has 0 aliphatic rings. The van der Waals surface area contributed by atoms with Gasteiger partial charge in [0.15, 0.2) is 11.5 Å². The molecule has 4 nitrogen and oxygen atoms in total. The Balaban J connectivity index is 1.87. The molecule has 2 aromatic carbocycles. The minimum Gasteiger partial charge on any atom is -0.490 e. The van der Waals surface area contributed by atoms with Gasteiger partial charge in [0.05, 0.1) is 23.3 Å². The molecule has 1 amide bonds. The average molecular weight is 408 g/mol. The van der Waals surface area contributed by atoms with Crippen LogP contribution in [0.4, 0.5) is 0 Å². The molecule has 0 aromatic heterocycles. The third-order valence-electron chi connectivity index (χ3n) is 3.69. The highest BCUT2D eigenvalue weighted by molar-refractivity contribution is 6.42. The van der Waals surface area contributed by atoms with E-state index in [9.17, 15) is 4.79 Å². The molecule has 1 N–H and O–H groups in total. The first-order valence-electron chi connectivity index (χ1n) is 8.83. The molecule has 27 heavy (non-hydrogen) atoms. The monoisotopic (exact) mass is 407 g/mol. The van der Waals surface area contributed by atoms with Crippen molar-refractivity contribution in [2.45, 2.75) is 20.3 Å². The molecule has 144 valence electrons. The maximum Gasteiger partial charge on any atom is 0.244 e. The molecule has 6 heteroatoms. The first-order chi connectivity index (χ1) is 13.0. The van der Waals surface area contributed by atoms with Crippen LogP contribution in [-0.4, -0.2) is 25.7 Å². The van der Waals surface area contributed by atoms with E-state index in [1.807, 2.05) is 32.0 Å². The van der Waals surface area contributed by atoms with Crippen molar-refractivity contribution in [1.82, 2.24) is 5.32 Å². The van der Waals surface area contributed by atoms with Gasteiger partial charge in [0, 0.05) is 12.6 Å². The van der Waals surface area contributed by atoms with E-state index < -0.39 is 0 Å². The van der Waals surface area contributed by atoms with Crippen molar-refractivity contribution in [3.8, 4) is 11.5 Å². The third-order valence-corrected chi connectivity index (χ3v) is 4.43. The van der Waals surface area contributed by atoms with Crippen LogP contribution in [0.15, 0.2) is 42.5 Å². The molecule has 0 saturated carbocycles. The van der Waals surface area contributed by atoms with Gasteiger partial charge in [-0.3, -0.25) is 4.79 Å². The van der Waals surface area contributed by atoms with Gasteiger partial charge in [-0.05, 0) is 61.7 Å². The number of benzene rings is 2. The molecular formula is C21H23Cl2NO3. The zero-order chi connectivity index (χ0) is 19.6. The van der Waals surface area contributed by atoms with Crippen LogP contribution in [0.1, 0.15) is 25.0 Å². The Bertz CT molecular complexity index is 806. The predicted octanol–water partition coefficient (Wildman–Crippen LogP) is 5.16. The molecule has 0 radical (unpaired) electrons. The first-order valence-corrected chi connectivity index (χ1v) is 9.58. The largest absolute Gasteiger partial charge is 0.490 e. The molecule has 0 aliphatic heterocycles. The summed E-state index contributed by atoms with van der Waals surface area (Å²) >= 11 is 11.8. The van der Waals surface area contributed by atoms with Crippen molar-refractivity contribution in [3.05, 3.63) is 63.6 Å². The zero-order valence-corrected chi connectivity index (χ0v) is 16.9. The smallest absolute Gasteiger partial charge is 0.244 e. The minimum absolute atomic E-state index is 0.169. The molecular weight excluding hydrogens is 385 g/mol. The fourth-order valence-corrected chi connectivity index (χ4v) is 2.73. The maximum atomic E-state index is 12.0. The predicted molar refractivity (Wildman–Crippen MR) is 111 cm³/mol. The fourth-order valence-electron chi connectivity index (χ4n) is 2.43. The van der Waals surface area contributed by atoms with Crippen LogP contribution >= 0.6 is 23.2 Å². The molecule has 0 fully saturated rings. The van der Waals surface area contributed by atoms with Crippen LogP contribution in [0, 0.1) is 0 Å². The summed E-state index contributed by atoms with van der Waals surface area (Å²) in [4.78, 5) is 12.0. The highest BCUT2D eigenvalue weighted by Gasteiger charge is 2.06. The number of hydrogen-bond acceptors (Lipinski definition) is 3. The van der Waals surface area contributed by atoms with Gasteiger partial charge in [0.1, 0.15) is 0 Å². The number of ether oxygens (including phenoxy) is 2. The summed E-state index contributed by atoms with van der Waals surface area (Å²) in [6.45, 7) is 5.54. The molecule has 0 atom stereocenters. The van der Waals surface area contributed by atoms with Crippen LogP contribution < -0.4 is 14.8 Å². The summed E-state index contributed by atoms with van der Waals surface area (Å²) in [5.41, 5.74) is 1.88. The molecule has 2 aromatic rings. The van der Waals surface area contributed by atoms with Gasteiger partial charge in [-0.1, -0.05) is 35.3 Å². The lowest BCUT2D eigenvalue weighted by molar-refractivity contribution is -0.116. The van der Waals surface area contributed by atoms with Crippen molar-refractivity contribution < 1.29 is 14.3 Å². The van der Waals surface area contributed by atoms with E-state index >= 15 is 0 Å². The number of amides is 1. The summed E-state index contributed by atoms with van der Waals surface area (Å²) in [6.07, 6.45) is 3.86. The summed E-state index contributed by atoms with van der Waals surface area (Å²) in [5, 5.41) is 3.81. The Morgan fingerprint density at radius 2 is 1.74 bits per heavy atom. The van der Waals surface area contributed by atoms with Crippen molar-refractivity contribution in [2.75, 3.05) is 19.8 Å². The Kier molecular flexibility index (Phi) is 8.49. The SMILES string of the molecule is CCOc1ccc(CCNC(=O)/C=C/c2ccc(Cl)c(Cl)c2)cc1OCC. The summed E-state index contributed by atoms with van der Waals surface area (Å²) in [6, 6.07) is 11.0. The van der Waals surface area contributed by atoms with Gasteiger partial charge >= 0.3 is 0 Å². The lowest BCUT2D eigenvalue weighted by Gasteiger charge is -2.12. The molecule has 0 bridgehead atoms. The van der Waals surface area contributed by atoms with E-state index in [1.54, 1.807) is 24.3 Å². The Hall–Kier alpha value is -2.17. The average Bonchev–Trinajstić information content (AvgIpc) is 2.65. The number of carbonyl (C=O) groups excluding carboxylic acids is 1.